The second-order valence-electron chi connectivity index (χ2n) is 14.5. The molecule has 0 N–H and O–H groups in total. The molecule has 0 radical (unpaired) electrons. The molecule has 0 aliphatic heterocycles. The Balaban J connectivity index is 1.18. The van der Waals surface area contributed by atoms with Gasteiger partial charge in [-0.15, -0.1) is 0 Å². The van der Waals surface area contributed by atoms with Crippen LogP contribution in [0, 0.1) is 11.8 Å². The minimum absolute atomic E-state index is 0.0741. The Hall–Kier alpha value is -5.87. The van der Waals surface area contributed by atoms with Gasteiger partial charge >= 0.3 is 0 Å². The van der Waals surface area contributed by atoms with Gasteiger partial charge in [0, 0.05) is 27.3 Å². The Bertz CT molecular complexity index is 2530. The molecule has 2 aliphatic rings. The van der Waals surface area contributed by atoms with Crippen molar-refractivity contribution in [3.05, 3.63) is 157 Å². The van der Waals surface area contributed by atoms with Crippen molar-refractivity contribution in [2.75, 3.05) is 0 Å². The molecule has 51 heavy (non-hydrogen) atoms. The molecule has 10 rings (SSSR count). The number of benzene rings is 6. The van der Waals surface area contributed by atoms with Crippen LogP contribution in [0.2, 0.25) is 0 Å². The summed E-state index contributed by atoms with van der Waals surface area (Å²) in [7, 11) is 0. The van der Waals surface area contributed by atoms with Gasteiger partial charge < -0.3 is 0 Å². The topological polar surface area (TPSA) is 43.6 Å². The van der Waals surface area contributed by atoms with Crippen LogP contribution in [0.3, 0.4) is 0 Å². The van der Waals surface area contributed by atoms with E-state index < -0.39 is 0 Å². The molecule has 1 saturated carbocycles. The van der Waals surface area contributed by atoms with E-state index in [-0.39, 0.29) is 5.41 Å². The number of nitrogens with zero attached hydrogens (tertiary/aromatic N) is 4. The van der Waals surface area contributed by atoms with Crippen molar-refractivity contribution >= 4 is 21.8 Å². The molecule has 2 aliphatic carbocycles. The van der Waals surface area contributed by atoms with E-state index in [1.54, 1.807) is 0 Å². The fraction of sp³-hybridized carbons (Fsp3) is 0.170. The van der Waals surface area contributed by atoms with Crippen LogP contribution in [0.5, 0.6) is 0 Å². The van der Waals surface area contributed by atoms with E-state index in [2.05, 4.69) is 128 Å². The number of para-hydroxylation sites is 1. The van der Waals surface area contributed by atoms with Gasteiger partial charge in [0.05, 0.1) is 11.0 Å². The maximum atomic E-state index is 5.15. The molecule has 2 heterocycles. The highest BCUT2D eigenvalue weighted by molar-refractivity contribution is 6.10. The zero-order valence-corrected chi connectivity index (χ0v) is 28.9. The van der Waals surface area contributed by atoms with Crippen molar-refractivity contribution in [1.82, 2.24) is 19.5 Å². The first-order valence-electron chi connectivity index (χ1n) is 18.3. The zero-order chi connectivity index (χ0) is 34.1. The Morgan fingerprint density at radius 3 is 1.78 bits per heavy atom. The first-order chi connectivity index (χ1) is 25.1. The maximum absolute atomic E-state index is 5.15. The third-order valence-electron chi connectivity index (χ3n) is 11.9. The summed E-state index contributed by atoms with van der Waals surface area (Å²) >= 11 is 0. The van der Waals surface area contributed by atoms with E-state index >= 15 is 0 Å². The molecular formula is C47H38N4. The zero-order valence-electron chi connectivity index (χ0n) is 28.9. The highest BCUT2D eigenvalue weighted by Crippen LogP contribution is 2.60. The second-order valence-corrected chi connectivity index (χ2v) is 14.5. The minimum Gasteiger partial charge on any atom is -0.278 e. The molecule has 6 aromatic carbocycles. The lowest BCUT2D eigenvalue weighted by Gasteiger charge is -2.47. The lowest BCUT2D eigenvalue weighted by Crippen LogP contribution is -2.42. The second kappa shape index (κ2) is 11.6. The molecule has 2 unspecified atom stereocenters. The van der Waals surface area contributed by atoms with Crippen molar-refractivity contribution in [1.29, 1.82) is 0 Å². The van der Waals surface area contributed by atoms with Crippen LogP contribution in [-0.4, -0.2) is 19.5 Å². The standard InChI is InChI=1S/C47H38N4/c1-30-14-13-15-31(2)47(30)40-22-11-9-20-36(40)39-28-34(25-27-41(39)47)35-24-26-38-37-21-10-12-23-42(37)51(43(38)29-35)46-49-44(32-16-5-3-6-17-32)48-45(50-46)33-18-7-4-8-19-33/h3-12,16-31H,13-15H2,1-2H3. The Morgan fingerprint density at radius 1 is 0.490 bits per heavy atom. The number of aromatic nitrogens is 4. The summed E-state index contributed by atoms with van der Waals surface area (Å²) in [6.45, 7) is 4.96. The number of hydrogen-bond donors (Lipinski definition) is 0. The highest BCUT2D eigenvalue weighted by atomic mass is 15.2. The van der Waals surface area contributed by atoms with Crippen LogP contribution in [0.1, 0.15) is 44.2 Å². The SMILES string of the molecule is CC1CCCC(C)C12c1ccccc1-c1cc(-c3ccc4c5ccccc5n(-c5nc(-c6ccccc6)nc(-c6ccccc6)n5)c4c3)ccc12. The molecule has 2 atom stereocenters. The van der Waals surface area contributed by atoms with Crippen molar-refractivity contribution in [2.24, 2.45) is 11.8 Å². The maximum Gasteiger partial charge on any atom is 0.238 e. The third-order valence-corrected chi connectivity index (χ3v) is 11.9. The summed E-state index contributed by atoms with van der Waals surface area (Å²) in [4.78, 5) is 15.3. The van der Waals surface area contributed by atoms with Gasteiger partial charge in [-0.05, 0) is 76.3 Å². The average Bonchev–Trinajstić information content (AvgIpc) is 3.68. The summed E-state index contributed by atoms with van der Waals surface area (Å²) in [5.74, 6) is 3.11. The van der Waals surface area contributed by atoms with E-state index in [0.717, 1.165) is 22.2 Å². The summed E-state index contributed by atoms with van der Waals surface area (Å²) in [5.41, 5.74) is 12.3. The highest BCUT2D eigenvalue weighted by Gasteiger charge is 2.51. The van der Waals surface area contributed by atoms with E-state index in [0.29, 0.717) is 29.4 Å². The van der Waals surface area contributed by atoms with Crippen molar-refractivity contribution < 1.29 is 0 Å². The van der Waals surface area contributed by atoms with Crippen LogP contribution in [0.15, 0.2) is 146 Å². The van der Waals surface area contributed by atoms with Gasteiger partial charge in [0.1, 0.15) is 0 Å². The summed E-state index contributed by atoms with van der Waals surface area (Å²) in [6, 6.07) is 52.3. The Morgan fingerprint density at radius 2 is 1.06 bits per heavy atom. The van der Waals surface area contributed by atoms with E-state index in [9.17, 15) is 0 Å². The summed E-state index contributed by atoms with van der Waals surface area (Å²) < 4.78 is 2.22. The molecule has 4 heteroatoms. The van der Waals surface area contributed by atoms with Crippen molar-refractivity contribution in [3.63, 3.8) is 0 Å². The molecule has 246 valence electrons. The van der Waals surface area contributed by atoms with Gasteiger partial charge in [-0.25, -0.2) is 4.98 Å². The normalized spacial score (nSPS) is 19.4. The van der Waals surface area contributed by atoms with Crippen LogP contribution in [0.4, 0.5) is 0 Å². The van der Waals surface area contributed by atoms with E-state index in [1.807, 2.05) is 36.4 Å². The van der Waals surface area contributed by atoms with Crippen LogP contribution in [-0.2, 0) is 5.41 Å². The van der Waals surface area contributed by atoms with Crippen molar-refractivity contribution in [3.8, 4) is 51.0 Å². The van der Waals surface area contributed by atoms with Gasteiger partial charge in [0.2, 0.25) is 5.95 Å². The summed E-state index contributed by atoms with van der Waals surface area (Å²) in [5, 5.41) is 2.35. The van der Waals surface area contributed by atoms with Gasteiger partial charge in [0.15, 0.2) is 11.6 Å². The first-order valence-corrected chi connectivity index (χ1v) is 18.3. The Labute approximate surface area is 298 Å². The monoisotopic (exact) mass is 658 g/mol. The van der Waals surface area contributed by atoms with Crippen LogP contribution < -0.4 is 0 Å². The van der Waals surface area contributed by atoms with E-state index in [1.165, 1.54) is 63.4 Å². The van der Waals surface area contributed by atoms with Crippen LogP contribution in [0.25, 0.3) is 72.8 Å². The molecule has 4 nitrogen and oxygen atoms in total. The smallest absolute Gasteiger partial charge is 0.238 e. The lowest BCUT2D eigenvalue weighted by atomic mass is 9.56. The van der Waals surface area contributed by atoms with E-state index in [4.69, 9.17) is 15.0 Å². The van der Waals surface area contributed by atoms with Crippen LogP contribution >= 0.6 is 0 Å². The molecule has 0 amide bonds. The summed E-state index contributed by atoms with van der Waals surface area (Å²) in [6.07, 6.45) is 3.86. The van der Waals surface area contributed by atoms with Crippen molar-refractivity contribution in [2.45, 2.75) is 38.5 Å². The van der Waals surface area contributed by atoms with Gasteiger partial charge in [-0.2, -0.15) is 9.97 Å². The molecular weight excluding hydrogens is 621 g/mol. The fourth-order valence-electron chi connectivity index (χ4n) is 9.53. The van der Waals surface area contributed by atoms with Gasteiger partial charge in [-0.1, -0.05) is 148 Å². The molecule has 0 saturated heterocycles. The number of rotatable bonds is 4. The molecule has 2 aromatic heterocycles. The molecule has 1 spiro atoms. The lowest BCUT2D eigenvalue weighted by molar-refractivity contribution is 0.172. The fourth-order valence-corrected chi connectivity index (χ4v) is 9.53. The van der Waals surface area contributed by atoms with Gasteiger partial charge in [-0.3, -0.25) is 4.57 Å². The minimum atomic E-state index is 0.0741. The Kier molecular flexibility index (Phi) is 6.82. The average molecular weight is 659 g/mol. The third kappa shape index (κ3) is 4.49. The molecule has 8 aromatic rings. The molecule has 1 fully saturated rings. The quantitative estimate of drug-likeness (QED) is 0.189. The predicted octanol–water partition coefficient (Wildman–Crippen LogP) is 11.7. The number of fused-ring (bicyclic) bond motifs is 8. The van der Waals surface area contributed by atoms with Gasteiger partial charge in [0.25, 0.3) is 0 Å². The predicted molar refractivity (Wildman–Crippen MR) is 209 cm³/mol. The number of hydrogen-bond acceptors (Lipinski definition) is 3. The largest absolute Gasteiger partial charge is 0.278 e. The molecule has 0 bridgehead atoms. The first kappa shape index (κ1) is 30.0.